The van der Waals surface area contributed by atoms with E-state index in [1.165, 1.54) is 34.5 Å². The van der Waals surface area contributed by atoms with Gasteiger partial charge < -0.3 is 9.84 Å². The molecule has 0 spiro atoms. The first-order valence-electron chi connectivity index (χ1n) is 12.3. The molecule has 38 heavy (non-hydrogen) atoms. The lowest BCUT2D eigenvalue weighted by molar-refractivity contribution is -0.0298. The van der Waals surface area contributed by atoms with Crippen LogP contribution in [-0.2, 0) is 25.1 Å². The Kier molecular flexibility index (Phi) is 7.83. The standard InChI is InChI=1S/C29H27ClF2N4O2/c30-24-6-3-21(4-7-24)2-1-12-35-13-11-22-14-26(9-5-23(22)16-35)38-18-29(37,17-36-20-33-19-34-36)27-10-8-25(31)15-28(27)32/h1-10,14-15,19-20,37H,11-13,16-18H2/b2-1+. The zero-order valence-electron chi connectivity index (χ0n) is 20.6. The normalized spacial score (nSPS) is 15.4. The minimum absolute atomic E-state index is 0.0744. The van der Waals surface area contributed by atoms with Gasteiger partial charge >= 0.3 is 0 Å². The highest BCUT2D eigenvalue weighted by Gasteiger charge is 2.35. The number of ether oxygens (including phenoxy) is 1. The lowest BCUT2D eigenvalue weighted by Gasteiger charge is -2.30. The van der Waals surface area contributed by atoms with Crippen LogP contribution in [0.1, 0.15) is 22.3 Å². The van der Waals surface area contributed by atoms with Crippen molar-refractivity contribution in [1.82, 2.24) is 19.7 Å². The monoisotopic (exact) mass is 536 g/mol. The van der Waals surface area contributed by atoms with Gasteiger partial charge in [-0.2, -0.15) is 5.10 Å². The Labute approximate surface area is 224 Å². The van der Waals surface area contributed by atoms with Crippen LogP contribution in [-0.4, -0.2) is 44.5 Å². The van der Waals surface area contributed by atoms with Crippen LogP contribution in [0.5, 0.6) is 5.75 Å². The summed E-state index contributed by atoms with van der Waals surface area (Å²) in [4.78, 5) is 6.24. The first kappa shape index (κ1) is 26.0. The highest BCUT2D eigenvalue weighted by molar-refractivity contribution is 6.30. The number of fused-ring (bicyclic) bond motifs is 1. The van der Waals surface area contributed by atoms with E-state index in [4.69, 9.17) is 16.3 Å². The third-order valence-corrected chi connectivity index (χ3v) is 6.87. The molecule has 0 fully saturated rings. The van der Waals surface area contributed by atoms with Crippen LogP contribution >= 0.6 is 11.6 Å². The number of aliphatic hydroxyl groups is 1. The van der Waals surface area contributed by atoms with E-state index >= 15 is 0 Å². The number of hydrogen-bond donors (Lipinski definition) is 1. The molecule has 2 heterocycles. The van der Waals surface area contributed by atoms with Crippen molar-refractivity contribution in [2.45, 2.75) is 25.1 Å². The van der Waals surface area contributed by atoms with Gasteiger partial charge in [-0.15, -0.1) is 0 Å². The predicted molar refractivity (Wildman–Crippen MR) is 142 cm³/mol. The lowest BCUT2D eigenvalue weighted by Crippen LogP contribution is -2.39. The van der Waals surface area contributed by atoms with Crippen molar-refractivity contribution in [3.63, 3.8) is 0 Å². The summed E-state index contributed by atoms with van der Waals surface area (Å²) in [6.45, 7) is 2.18. The van der Waals surface area contributed by atoms with Crippen LogP contribution in [0.25, 0.3) is 6.08 Å². The first-order valence-corrected chi connectivity index (χ1v) is 12.7. The molecular weight excluding hydrogens is 510 g/mol. The summed E-state index contributed by atoms with van der Waals surface area (Å²) in [7, 11) is 0. The average molecular weight is 537 g/mol. The molecular formula is C29H27ClF2N4O2. The van der Waals surface area contributed by atoms with Crippen LogP contribution in [0, 0.1) is 11.6 Å². The van der Waals surface area contributed by atoms with Crippen molar-refractivity contribution in [1.29, 1.82) is 0 Å². The van der Waals surface area contributed by atoms with Gasteiger partial charge in [0.15, 0.2) is 0 Å². The van der Waals surface area contributed by atoms with Crippen LogP contribution in [0.15, 0.2) is 79.4 Å². The zero-order valence-corrected chi connectivity index (χ0v) is 21.4. The summed E-state index contributed by atoms with van der Waals surface area (Å²) >= 11 is 5.95. The number of aromatic nitrogens is 3. The molecule has 0 saturated heterocycles. The Morgan fingerprint density at radius 3 is 2.66 bits per heavy atom. The van der Waals surface area contributed by atoms with Crippen molar-refractivity contribution in [2.24, 2.45) is 0 Å². The molecule has 3 aromatic carbocycles. The summed E-state index contributed by atoms with van der Waals surface area (Å²) in [5.74, 6) is -1.01. The summed E-state index contributed by atoms with van der Waals surface area (Å²) in [6.07, 6.45) is 7.84. The fraction of sp³-hybridized carbons (Fsp3) is 0.241. The molecule has 6 nitrogen and oxygen atoms in total. The Bertz CT molecular complexity index is 1410. The molecule has 1 aromatic heterocycles. The van der Waals surface area contributed by atoms with Gasteiger partial charge in [0.25, 0.3) is 0 Å². The molecule has 1 unspecified atom stereocenters. The number of nitrogens with zero attached hydrogens (tertiary/aromatic N) is 4. The van der Waals surface area contributed by atoms with Gasteiger partial charge in [-0.3, -0.25) is 4.90 Å². The number of benzene rings is 3. The van der Waals surface area contributed by atoms with Crippen molar-refractivity contribution >= 4 is 17.7 Å². The maximum absolute atomic E-state index is 14.6. The molecule has 0 saturated carbocycles. The Morgan fingerprint density at radius 1 is 1.05 bits per heavy atom. The molecule has 4 aromatic rings. The van der Waals surface area contributed by atoms with E-state index in [-0.39, 0.29) is 18.7 Å². The SMILES string of the molecule is OC(COc1ccc2c(c1)CCN(C/C=C/c1ccc(Cl)cc1)C2)(Cn1cncn1)c1ccc(F)cc1F. The van der Waals surface area contributed by atoms with Gasteiger partial charge in [0.2, 0.25) is 0 Å². The van der Waals surface area contributed by atoms with E-state index in [1.807, 2.05) is 42.5 Å². The molecule has 0 amide bonds. The fourth-order valence-electron chi connectivity index (χ4n) is 4.61. The molecule has 196 valence electrons. The average Bonchev–Trinajstić information content (AvgIpc) is 3.41. The lowest BCUT2D eigenvalue weighted by atomic mass is 9.93. The Morgan fingerprint density at radius 2 is 1.89 bits per heavy atom. The maximum atomic E-state index is 14.6. The third-order valence-electron chi connectivity index (χ3n) is 6.61. The highest BCUT2D eigenvalue weighted by atomic mass is 35.5. The van der Waals surface area contributed by atoms with Crippen molar-refractivity contribution < 1.29 is 18.6 Å². The smallest absolute Gasteiger partial charge is 0.146 e. The molecule has 9 heteroatoms. The van der Waals surface area contributed by atoms with E-state index in [2.05, 4.69) is 27.1 Å². The topological polar surface area (TPSA) is 63.4 Å². The number of rotatable bonds is 9. The quantitative estimate of drug-likeness (QED) is 0.317. The van der Waals surface area contributed by atoms with Gasteiger partial charge in [-0.25, -0.2) is 18.4 Å². The van der Waals surface area contributed by atoms with Crippen LogP contribution in [0.2, 0.25) is 5.02 Å². The van der Waals surface area contributed by atoms with Gasteiger partial charge in [-0.05, 0) is 53.4 Å². The molecule has 1 N–H and O–H groups in total. The molecule has 0 bridgehead atoms. The van der Waals surface area contributed by atoms with Gasteiger partial charge in [-0.1, -0.05) is 48.0 Å². The first-order chi connectivity index (χ1) is 18.4. The Hall–Kier alpha value is -3.59. The van der Waals surface area contributed by atoms with Crippen molar-refractivity contribution in [3.8, 4) is 5.75 Å². The second kappa shape index (κ2) is 11.4. The Balaban J connectivity index is 1.24. The fourth-order valence-corrected chi connectivity index (χ4v) is 4.73. The third kappa shape index (κ3) is 6.27. The minimum Gasteiger partial charge on any atom is -0.490 e. The van der Waals surface area contributed by atoms with E-state index in [9.17, 15) is 13.9 Å². The van der Waals surface area contributed by atoms with E-state index in [0.29, 0.717) is 5.75 Å². The zero-order chi connectivity index (χ0) is 26.5. The largest absolute Gasteiger partial charge is 0.490 e. The summed E-state index contributed by atoms with van der Waals surface area (Å²) in [5.41, 5.74) is 1.63. The summed E-state index contributed by atoms with van der Waals surface area (Å²) in [6, 6.07) is 16.7. The molecule has 1 aliphatic heterocycles. The van der Waals surface area contributed by atoms with Crippen LogP contribution < -0.4 is 4.74 Å². The maximum Gasteiger partial charge on any atom is 0.146 e. The molecule has 0 aliphatic carbocycles. The predicted octanol–water partition coefficient (Wildman–Crippen LogP) is 5.25. The second-order valence-corrected chi connectivity index (χ2v) is 9.84. The van der Waals surface area contributed by atoms with E-state index in [1.54, 1.807) is 0 Å². The van der Waals surface area contributed by atoms with Gasteiger partial charge in [0.1, 0.15) is 42.2 Å². The van der Waals surface area contributed by atoms with Crippen molar-refractivity contribution in [3.05, 3.63) is 118 Å². The summed E-state index contributed by atoms with van der Waals surface area (Å²) < 4.78 is 35.5. The van der Waals surface area contributed by atoms with Gasteiger partial charge in [0.05, 0.1) is 6.54 Å². The molecule has 1 atom stereocenters. The number of halogens is 3. The van der Waals surface area contributed by atoms with Gasteiger partial charge in [0, 0.05) is 36.3 Å². The van der Waals surface area contributed by atoms with Crippen LogP contribution in [0.4, 0.5) is 8.78 Å². The van der Waals surface area contributed by atoms with Crippen molar-refractivity contribution in [2.75, 3.05) is 19.7 Å². The summed E-state index contributed by atoms with van der Waals surface area (Å²) in [5, 5.41) is 16.2. The second-order valence-electron chi connectivity index (χ2n) is 9.41. The van der Waals surface area contributed by atoms with E-state index < -0.39 is 17.2 Å². The number of hydrogen-bond acceptors (Lipinski definition) is 5. The molecule has 5 rings (SSSR count). The highest BCUT2D eigenvalue weighted by Crippen LogP contribution is 2.29. The van der Waals surface area contributed by atoms with Crippen LogP contribution in [0.3, 0.4) is 0 Å². The molecule has 0 radical (unpaired) electrons. The van der Waals surface area contributed by atoms with E-state index in [0.717, 1.165) is 48.8 Å². The molecule has 1 aliphatic rings. The minimum atomic E-state index is -1.80.